The van der Waals surface area contributed by atoms with Gasteiger partial charge in [-0.1, -0.05) is 36.4 Å². The molecule has 106 valence electrons. The number of carbonyl (C=O) groups excluding carboxylic acids is 1. The van der Waals surface area contributed by atoms with Crippen molar-refractivity contribution in [3.63, 3.8) is 0 Å². The first-order chi connectivity index (χ1) is 10.2. The average molecular weight is 283 g/mol. The lowest BCUT2D eigenvalue weighted by Crippen LogP contribution is -2.26. The zero-order valence-electron chi connectivity index (χ0n) is 11.5. The second-order valence-corrected chi connectivity index (χ2v) is 4.72. The number of anilines is 1. The maximum atomic E-state index is 13.4. The fourth-order valence-corrected chi connectivity index (χ4v) is 2.36. The summed E-state index contributed by atoms with van der Waals surface area (Å²) in [5.41, 5.74) is 2.61. The van der Waals surface area contributed by atoms with E-state index in [1.807, 2.05) is 30.3 Å². The molecule has 3 rings (SSSR count). The highest BCUT2D eigenvalue weighted by Crippen LogP contribution is 2.37. The van der Waals surface area contributed by atoms with Gasteiger partial charge in [-0.2, -0.15) is 5.06 Å². The first-order valence-corrected chi connectivity index (χ1v) is 6.68. The van der Waals surface area contributed by atoms with Crippen LogP contribution in [0.3, 0.4) is 0 Å². The molecule has 0 aliphatic carbocycles. The van der Waals surface area contributed by atoms with Gasteiger partial charge in [-0.15, -0.1) is 0 Å². The van der Waals surface area contributed by atoms with Gasteiger partial charge in [-0.25, -0.2) is 4.39 Å². The molecule has 0 unspecified atom stereocenters. The van der Waals surface area contributed by atoms with E-state index in [-0.39, 0.29) is 12.5 Å². The molecule has 4 heteroatoms. The lowest BCUT2D eigenvalue weighted by Gasteiger charge is -2.16. The number of amides is 1. The fourth-order valence-electron chi connectivity index (χ4n) is 2.36. The minimum Gasteiger partial charge on any atom is -0.266 e. The molecule has 1 aliphatic heterocycles. The lowest BCUT2D eigenvalue weighted by molar-refractivity contribution is -0.120. The van der Waals surface area contributed by atoms with Crippen LogP contribution >= 0.6 is 0 Å². The van der Waals surface area contributed by atoms with Crippen molar-refractivity contribution in [2.75, 3.05) is 5.06 Å². The van der Waals surface area contributed by atoms with Crippen LogP contribution in [0, 0.1) is 5.82 Å². The third kappa shape index (κ3) is 2.45. The molecule has 0 spiro atoms. The molecule has 2 aromatic rings. The van der Waals surface area contributed by atoms with Crippen LogP contribution < -0.4 is 5.06 Å². The van der Waals surface area contributed by atoms with Crippen molar-refractivity contribution in [3.05, 3.63) is 71.6 Å². The van der Waals surface area contributed by atoms with Crippen LogP contribution in [0.5, 0.6) is 0 Å². The Bertz CT molecular complexity index is 710. The molecular formula is C17H14FNO2. The summed E-state index contributed by atoms with van der Waals surface area (Å²) < 4.78 is 13.4. The van der Waals surface area contributed by atoms with Gasteiger partial charge in [0.05, 0.1) is 5.69 Å². The number of nitrogens with zero attached hydrogens (tertiary/aromatic N) is 1. The SMILES string of the molecule is C/C=C1/C(=O)N(OCc2ccccc2)c2cc(F)ccc21. The van der Waals surface area contributed by atoms with Crippen molar-refractivity contribution in [3.8, 4) is 0 Å². The first-order valence-electron chi connectivity index (χ1n) is 6.68. The Morgan fingerprint density at radius 3 is 2.67 bits per heavy atom. The van der Waals surface area contributed by atoms with Crippen molar-refractivity contribution in [2.45, 2.75) is 13.5 Å². The molecule has 0 N–H and O–H groups in total. The fraction of sp³-hybridized carbons (Fsp3) is 0.118. The Morgan fingerprint density at radius 1 is 1.19 bits per heavy atom. The third-order valence-corrected chi connectivity index (χ3v) is 3.38. The van der Waals surface area contributed by atoms with Gasteiger partial charge in [0.1, 0.15) is 12.4 Å². The first kappa shape index (κ1) is 13.5. The number of benzene rings is 2. The van der Waals surface area contributed by atoms with Crippen molar-refractivity contribution in [1.82, 2.24) is 0 Å². The molecule has 21 heavy (non-hydrogen) atoms. The Morgan fingerprint density at radius 2 is 1.95 bits per heavy atom. The zero-order valence-corrected chi connectivity index (χ0v) is 11.5. The summed E-state index contributed by atoms with van der Waals surface area (Å²) in [6.45, 7) is 2.03. The van der Waals surface area contributed by atoms with E-state index in [1.165, 1.54) is 17.2 Å². The summed E-state index contributed by atoms with van der Waals surface area (Å²) >= 11 is 0. The second kappa shape index (κ2) is 5.50. The zero-order chi connectivity index (χ0) is 14.8. The minimum absolute atomic E-state index is 0.250. The molecule has 0 saturated carbocycles. The van der Waals surface area contributed by atoms with Crippen molar-refractivity contribution in [1.29, 1.82) is 0 Å². The number of hydrogen-bond donors (Lipinski definition) is 0. The van der Waals surface area contributed by atoms with Crippen LogP contribution in [0.4, 0.5) is 10.1 Å². The van der Waals surface area contributed by atoms with Crippen LogP contribution in [0.1, 0.15) is 18.1 Å². The average Bonchev–Trinajstić information content (AvgIpc) is 2.77. The van der Waals surface area contributed by atoms with Gasteiger partial charge in [0.25, 0.3) is 5.91 Å². The number of fused-ring (bicyclic) bond motifs is 1. The smallest absolute Gasteiger partial charge is 0.266 e. The van der Waals surface area contributed by atoms with Crippen LogP contribution in [0.25, 0.3) is 5.57 Å². The Kier molecular flexibility index (Phi) is 3.54. The molecule has 0 atom stereocenters. The number of carbonyl (C=O) groups is 1. The molecule has 0 saturated heterocycles. The van der Waals surface area contributed by atoms with E-state index in [9.17, 15) is 9.18 Å². The number of rotatable bonds is 3. The summed E-state index contributed by atoms with van der Waals surface area (Å²) in [6.07, 6.45) is 1.71. The van der Waals surface area contributed by atoms with Gasteiger partial charge in [-0.3, -0.25) is 9.63 Å². The van der Waals surface area contributed by atoms with Crippen molar-refractivity contribution in [2.24, 2.45) is 0 Å². The third-order valence-electron chi connectivity index (χ3n) is 3.38. The van der Waals surface area contributed by atoms with Gasteiger partial charge in [0.15, 0.2) is 0 Å². The van der Waals surface area contributed by atoms with Gasteiger partial charge >= 0.3 is 0 Å². The molecule has 1 heterocycles. The predicted molar refractivity (Wildman–Crippen MR) is 78.8 cm³/mol. The quantitative estimate of drug-likeness (QED) is 0.804. The van der Waals surface area contributed by atoms with Crippen molar-refractivity contribution >= 4 is 17.2 Å². The summed E-state index contributed by atoms with van der Waals surface area (Å²) in [5, 5.41) is 1.17. The molecule has 3 nitrogen and oxygen atoms in total. The van der Waals surface area contributed by atoms with Crippen LogP contribution in [0.15, 0.2) is 54.6 Å². The van der Waals surface area contributed by atoms with Crippen LogP contribution in [-0.2, 0) is 16.2 Å². The highest BCUT2D eigenvalue weighted by Gasteiger charge is 2.33. The number of halogens is 1. The summed E-state index contributed by atoms with van der Waals surface area (Å²) in [5.74, 6) is -0.666. The van der Waals surface area contributed by atoms with Crippen LogP contribution in [0.2, 0.25) is 0 Å². The normalized spacial score (nSPS) is 15.6. The Hall–Kier alpha value is -2.46. The van der Waals surface area contributed by atoms with Crippen LogP contribution in [-0.4, -0.2) is 5.91 Å². The Balaban J connectivity index is 1.89. The molecular weight excluding hydrogens is 269 g/mol. The molecule has 1 amide bonds. The largest absolute Gasteiger partial charge is 0.282 e. The molecule has 0 fully saturated rings. The van der Waals surface area contributed by atoms with Gasteiger partial charge < -0.3 is 0 Å². The second-order valence-electron chi connectivity index (χ2n) is 4.72. The Labute approximate surface area is 122 Å². The summed E-state index contributed by atoms with van der Waals surface area (Å²) in [7, 11) is 0. The van der Waals surface area contributed by atoms with E-state index in [2.05, 4.69) is 0 Å². The minimum atomic E-state index is -0.396. The van der Waals surface area contributed by atoms with E-state index in [1.54, 1.807) is 19.1 Å². The molecule has 0 aromatic heterocycles. The van der Waals surface area contributed by atoms with Crippen molar-refractivity contribution < 1.29 is 14.0 Å². The summed E-state index contributed by atoms with van der Waals surface area (Å²) in [4.78, 5) is 17.9. The highest BCUT2D eigenvalue weighted by atomic mass is 19.1. The molecule has 0 radical (unpaired) electrons. The monoisotopic (exact) mass is 283 g/mol. The number of hydrogen-bond acceptors (Lipinski definition) is 2. The molecule has 2 aromatic carbocycles. The number of allylic oxidation sites excluding steroid dienone is 1. The maximum Gasteiger partial charge on any atom is 0.282 e. The molecule has 0 bridgehead atoms. The van der Waals surface area contributed by atoms with Gasteiger partial charge in [-0.05, 0) is 24.6 Å². The maximum absolute atomic E-state index is 13.4. The molecule has 1 aliphatic rings. The number of hydroxylamine groups is 1. The summed E-state index contributed by atoms with van der Waals surface area (Å²) in [6, 6.07) is 13.8. The highest BCUT2D eigenvalue weighted by molar-refractivity contribution is 6.31. The predicted octanol–water partition coefficient (Wildman–Crippen LogP) is 3.71. The van der Waals surface area contributed by atoms with Gasteiger partial charge in [0, 0.05) is 17.2 Å². The lowest BCUT2D eigenvalue weighted by atomic mass is 10.1. The topological polar surface area (TPSA) is 29.5 Å². The van der Waals surface area contributed by atoms with Gasteiger partial charge in [0.2, 0.25) is 0 Å². The van der Waals surface area contributed by atoms with E-state index >= 15 is 0 Å². The van der Waals surface area contributed by atoms with E-state index in [4.69, 9.17) is 4.84 Å². The standard InChI is InChI=1S/C17H14FNO2/c1-2-14-15-9-8-13(18)10-16(15)19(17(14)20)21-11-12-6-4-3-5-7-12/h2-10H,11H2,1H3/b14-2+. The van der Waals surface area contributed by atoms with E-state index < -0.39 is 5.82 Å². The van der Waals surface area contributed by atoms with E-state index in [0.717, 1.165) is 5.56 Å². The van der Waals surface area contributed by atoms with E-state index in [0.29, 0.717) is 16.8 Å².